The Bertz CT molecular complexity index is 1360. The van der Waals surface area contributed by atoms with E-state index in [4.69, 9.17) is 5.73 Å². The molecule has 4 N–H and O–H groups in total. The third-order valence-electron chi connectivity index (χ3n) is 6.79. The number of aromatic nitrogens is 1. The van der Waals surface area contributed by atoms with Gasteiger partial charge in [0.1, 0.15) is 10.6 Å². The first-order valence-corrected chi connectivity index (χ1v) is 15.6. The van der Waals surface area contributed by atoms with Gasteiger partial charge in [0.15, 0.2) is 0 Å². The lowest BCUT2D eigenvalue weighted by molar-refractivity contribution is 0.0701. The fourth-order valence-corrected chi connectivity index (χ4v) is 7.63. The van der Waals surface area contributed by atoms with Crippen LogP contribution in [-0.4, -0.2) is 46.4 Å². The van der Waals surface area contributed by atoms with Crippen LogP contribution in [0.15, 0.2) is 36.3 Å². The summed E-state index contributed by atoms with van der Waals surface area (Å²) in [6.45, 7) is 6.07. The second-order valence-electron chi connectivity index (χ2n) is 9.42. The van der Waals surface area contributed by atoms with E-state index in [0.29, 0.717) is 20.0 Å². The van der Waals surface area contributed by atoms with Gasteiger partial charge in [-0.15, -0.1) is 34.4 Å². The number of nitrogens with zero attached hydrogens (tertiary/aromatic N) is 1. The SMILES string of the molecule is C=C/C(=C\SCCCC)c1ccc(C(=O)Nc2[nH]c3sc(C(=O)N(C)C4CCCCC4)cc3c2C(N)=O)s1. The van der Waals surface area contributed by atoms with Crippen molar-refractivity contribution in [2.24, 2.45) is 5.73 Å². The van der Waals surface area contributed by atoms with Gasteiger partial charge in [-0.25, -0.2) is 0 Å². The molecule has 0 atom stereocenters. The Kier molecular flexibility index (Phi) is 9.51. The van der Waals surface area contributed by atoms with E-state index >= 15 is 0 Å². The minimum absolute atomic E-state index is 0.0578. The van der Waals surface area contributed by atoms with Gasteiger partial charge in [0, 0.05) is 23.4 Å². The lowest BCUT2D eigenvalue weighted by atomic mass is 9.94. The predicted octanol–water partition coefficient (Wildman–Crippen LogP) is 7.11. The maximum Gasteiger partial charge on any atom is 0.266 e. The normalized spacial score (nSPS) is 14.5. The van der Waals surface area contributed by atoms with Crippen LogP contribution in [0.4, 0.5) is 5.82 Å². The predicted molar refractivity (Wildman–Crippen MR) is 161 cm³/mol. The number of unbranched alkanes of at least 4 members (excludes halogenated alkanes) is 1. The van der Waals surface area contributed by atoms with Crippen LogP contribution in [0.1, 0.15) is 86.4 Å². The minimum atomic E-state index is -0.670. The van der Waals surface area contributed by atoms with Crippen molar-refractivity contribution in [1.29, 1.82) is 0 Å². The summed E-state index contributed by atoms with van der Waals surface area (Å²) in [6.07, 6.45) is 9.60. The summed E-state index contributed by atoms with van der Waals surface area (Å²) in [5, 5.41) is 5.43. The molecule has 38 heavy (non-hydrogen) atoms. The van der Waals surface area contributed by atoms with Crippen LogP contribution >= 0.6 is 34.4 Å². The van der Waals surface area contributed by atoms with Crippen LogP contribution < -0.4 is 11.1 Å². The Morgan fingerprint density at radius 2 is 1.92 bits per heavy atom. The van der Waals surface area contributed by atoms with Gasteiger partial charge in [-0.1, -0.05) is 45.3 Å². The largest absolute Gasteiger partial charge is 0.365 e. The Morgan fingerprint density at radius 3 is 2.61 bits per heavy atom. The number of rotatable bonds is 11. The van der Waals surface area contributed by atoms with Gasteiger partial charge in [0.25, 0.3) is 17.7 Å². The highest BCUT2D eigenvalue weighted by Gasteiger charge is 2.27. The average molecular weight is 571 g/mol. The molecule has 10 heteroatoms. The minimum Gasteiger partial charge on any atom is -0.365 e. The maximum atomic E-state index is 13.1. The molecule has 1 aliphatic rings. The summed E-state index contributed by atoms with van der Waals surface area (Å²) in [6, 6.07) is 5.60. The molecule has 0 spiro atoms. The molecule has 0 saturated heterocycles. The van der Waals surface area contributed by atoms with Crippen molar-refractivity contribution in [3.05, 3.63) is 56.5 Å². The van der Waals surface area contributed by atoms with Crippen LogP contribution in [0.25, 0.3) is 15.8 Å². The van der Waals surface area contributed by atoms with Crippen molar-refractivity contribution in [2.45, 2.75) is 57.9 Å². The van der Waals surface area contributed by atoms with E-state index in [2.05, 4.69) is 29.2 Å². The van der Waals surface area contributed by atoms with Crippen molar-refractivity contribution < 1.29 is 14.4 Å². The number of allylic oxidation sites excluding steroid dienone is 2. The number of fused-ring (bicyclic) bond motifs is 1. The second kappa shape index (κ2) is 12.8. The molecule has 0 bridgehead atoms. The van der Waals surface area contributed by atoms with Crippen molar-refractivity contribution in [3.63, 3.8) is 0 Å². The molecule has 1 fully saturated rings. The van der Waals surface area contributed by atoms with Crippen LogP contribution in [0, 0.1) is 0 Å². The quantitative estimate of drug-likeness (QED) is 0.169. The number of thiophene rings is 2. The number of hydrogen-bond donors (Lipinski definition) is 3. The van der Waals surface area contributed by atoms with Gasteiger partial charge in [0.05, 0.1) is 15.3 Å². The molecule has 1 saturated carbocycles. The van der Waals surface area contributed by atoms with Gasteiger partial charge >= 0.3 is 0 Å². The van der Waals surface area contributed by atoms with Gasteiger partial charge in [-0.05, 0) is 54.2 Å². The van der Waals surface area contributed by atoms with E-state index in [1.54, 1.807) is 30.0 Å². The average Bonchev–Trinajstić information content (AvgIpc) is 3.63. The molecule has 0 aromatic carbocycles. The standard InChI is InChI=1S/C28H34N4O3S3/c1-4-6-14-36-16-17(5-2)20-12-13-21(37-20)26(34)30-25-23(24(29)33)19-15-22(38-27(19)31-25)28(35)32(3)18-10-8-7-9-11-18/h5,12-13,15-16,18,31H,2,4,6-11,14H2,1,3H3,(H2,29,33)(H,30,34)/b17-16+. The summed E-state index contributed by atoms with van der Waals surface area (Å²) in [4.78, 5) is 46.2. The Balaban J connectivity index is 1.52. The topological polar surface area (TPSA) is 108 Å². The van der Waals surface area contributed by atoms with Crippen molar-refractivity contribution in [3.8, 4) is 0 Å². The first kappa shape index (κ1) is 28.2. The number of hydrogen-bond acceptors (Lipinski definition) is 6. The van der Waals surface area contributed by atoms with E-state index < -0.39 is 5.91 Å². The van der Waals surface area contributed by atoms with Crippen LogP contribution in [0.5, 0.6) is 0 Å². The van der Waals surface area contributed by atoms with Crippen molar-refractivity contribution in [1.82, 2.24) is 9.88 Å². The van der Waals surface area contributed by atoms with E-state index in [0.717, 1.165) is 54.7 Å². The number of thioether (sulfide) groups is 1. The highest BCUT2D eigenvalue weighted by Crippen LogP contribution is 2.35. The summed E-state index contributed by atoms with van der Waals surface area (Å²) in [5.41, 5.74) is 6.87. The van der Waals surface area contributed by atoms with E-state index in [9.17, 15) is 14.4 Å². The van der Waals surface area contributed by atoms with Crippen molar-refractivity contribution in [2.75, 3.05) is 18.1 Å². The number of anilines is 1. The number of aromatic amines is 1. The number of amides is 3. The first-order chi connectivity index (χ1) is 18.3. The van der Waals surface area contributed by atoms with Crippen LogP contribution in [-0.2, 0) is 0 Å². The zero-order valence-electron chi connectivity index (χ0n) is 21.8. The lowest BCUT2D eigenvalue weighted by Crippen LogP contribution is -2.37. The zero-order valence-corrected chi connectivity index (χ0v) is 24.3. The molecule has 0 unspecified atom stereocenters. The smallest absolute Gasteiger partial charge is 0.266 e. The number of H-pyrrole nitrogens is 1. The zero-order chi connectivity index (χ0) is 27.2. The molecule has 4 rings (SSSR count). The monoisotopic (exact) mass is 570 g/mol. The highest BCUT2D eigenvalue weighted by atomic mass is 32.2. The fourth-order valence-electron chi connectivity index (χ4n) is 4.62. The second-order valence-corrected chi connectivity index (χ2v) is 12.5. The van der Waals surface area contributed by atoms with E-state index in [1.807, 2.05) is 18.0 Å². The molecule has 0 radical (unpaired) electrons. The van der Waals surface area contributed by atoms with Crippen molar-refractivity contribution >= 4 is 73.8 Å². The number of nitrogens with two attached hydrogens (primary N) is 1. The summed E-state index contributed by atoms with van der Waals surface area (Å²) < 4.78 is 0. The molecular formula is C28H34N4O3S3. The Morgan fingerprint density at radius 1 is 1.18 bits per heavy atom. The molecule has 7 nitrogen and oxygen atoms in total. The summed E-state index contributed by atoms with van der Waals surface area (Å²) in [5.74, 6) is 0.215. The molecule has 1 aliphatic carbocycles. The fraction of sp³-hybridized carbons (Fsp3) is 0.393. The first-order valence-electron chi connectivity index (χ1n) is 12.9. The van der Waals surface area contributed by atoms with Gasteiger partial charge in [0.2, 0.25) is 0 Å². The van der Waals surface area contributed by atoms with Crippen LogP contribution in [0.2, 0.25) is 0 Å². The molecule has 202 valence electrons. The molecule has 3 aromatic heterocycles. The van der Waals surface area contributed by atoms with Gasteiger partial charge < -0.3 is 20.9 Å². The highest BCUT2D eigenvalue weighted by molar-refractivity contribution is 8.02. The Labute approximate surface area is 235 Å². The number of nitrogens with one attached hydrogen (secondary N) is 2. The third kappa shape index (κ3) is 6.24. The molecule has 3 heterocycles. The molecule has 0 aliphatic heterocycles. The number of carbonyl (C=O) groups excluding carboxylic acids is 3. The third-order valence-corrected chi connectivity index (χ3v) is 9.91. The maximum absolute atomic E-state index is 13.1. The van der Waals surface area contributed by atoms with Gasteiger partial charge in [-0.3, -0.25) is 14.4 Å². The van der Waals surface area contributed by atoms with E-state index in [1.165, 1.54) is 29.1 Å². The summed E-state index contributed by atoms with van der Waals surface area (Å²) in [7, 11) is 1.85. The Hall–Kier alpha value is -2.82. The number of primary amides is 1. The summed E-state index contributed by atoms with van der Waals surface area (Å²) >= 11 is 4.37. The van der Waals surface area contributed by atoms with Crippen LogP contribution in [0.3, 0.4) is 0 Å². The number of carbonyl (C=O) groups is 3. The molecule has 3 amide bonds. The molecule has 3 aromatic rings. The van der Waals surface area contributed by atoms with Gasteiger partial charge in [-0.2, -0.15) is 0 Å². The lowest BCUT2D eigenvalue weighted by Gasteiger charge is -2.30. The van der Waals surface area contributed by atoms with E-state index in [-0.39, 0.29) is 29.2 Å². The molecular weight excluding hydrogens is 537 g/mol.